The summed E-state index contributed by atoms with van der Waals surface area (Å²) in [7, 11) is 0. The van der Waals surface area contributed by atoms with Gasteiger partial charge < -0.3 is 39.3 Å². The molecule has 12 nitrogen and oxygen atoms in total. The predicted molar refractivity (Wildman–Crippen MR) is 193 cm³/mol. The minimum atomic E-state index is -1.08. The Balaban J connectivity index is 0.000000149. The van der Waals surface area contributed by atoms with Crippen LogP contribution in [0.25, 0.3) is 44.8 Å². The van der Waals surface area contributed by atoms with Crippen molar-refractivity contribution in [3.05, 3.63) is 145 Å². The van der Waals surface area contributed by atoms with Crippen LogP contribution in [-0.2, 0) is 36.9 Å². The van der Waals surface area contributed by atoms with Crippen LogP contribution >= 0.6 is 0 Å². The number of fused-ring (bicyclic) bond motifs is 10. The first-order valence-electron chi connectivity index (χ1n) is 16.4. The Hall–Kier alpha value is -6.16. The molecule has 0 saturated carbocycles. The number of hydrogen-bond donors (Lipinski definition) is 2. The maximum absolute atomic E-state index is 8.89. The van der Waals surface area contributed by atoms with Crippen molar-refractivity contribution < 1.29 is 55.9 Å². The Bertz CT molecular complexity index is 2310. The van der Waals surface area contributed by atoms with Crippen LogP contribution in [0.3, 0.4) is 0 Å². The molecule has 10 rings (SSSR count). The summed E-state index contributed by atoms with van der Waals surface area (Å²) in [5.74, 6) is 1.52. The number of benzene rings is 4. The molecule has 6 heterocycles. The molecule has 13 heteroatoms. The van der Waals surface area contributed by atoms with E-state index in [2.05, 4.69) is 56.2 Å². The van der Waals surface area contributed by atoms with E-state index >= 15 is 0 Å². The maximum atomic E-state index is 8.89. The molecule has 0 aliphatic carbocycles. The molecule has 0 bridgehead atoms. The van der Waals surface area contributed by atoms with E-state index < -0.39 is 11.9 Å². The van der Waals surface area contributed by atoms with Crippen molar-refractivity contribution in [1.82, 2.24) is 19.1 Å². The van der Waals surface area contributed by atoms with Crippen molar-refractivity contribution in [3.8, 4) is 22.8 Å². The summed E-state index contributed by atoms with van der Waals surface area (Å²) in [4.78, 5) is 27.4. The topological polar surface area (TPSA) is 166 Å². The third-order valence-corrected chi connectivity index (χ3v) is 8.25. The van der Waals surface area contributed by atoms with Crippen LogP contribution in [0.2, 0.25) is 0 Å². The first kappa shape index (κ1) is 36.6. The quantitative estimate of drug-likeness (QED) is 0.197. The number of furan rings is 2. The Morgan fingerprint density at radius 1 is 0.566 bits per heavy atom. The van der Waals surface area contributed by atoms with E-state index in [9.17, 15) is 0 Å². The second kappa shape index (κ2) is 16.0. The second-order valence-electron chi connectivity index (χ2n) is 11.8. The molecular formula is C40H32CdN6O6. The Kier molecular flexibility index (Phi) is 11.1. The average Bonchev–Trinajstić information content (AvgIpc) is 3.97. The second-order valence-corrected chi connectivity index (χ2v) is 11.8. The minimum absolute atomic E-state index is 0. The van der Waals surface area contributed by atoms with Crippen LogP contribution in [0.15, 0.2) is 143 Å². The van der Waals surface area contributed by atoms with Gasteiger partial charge in [0.15, 0.2) is 12.3 Å². The van der Waals surface area contributed by atoms with Gasteiger partial charge in [-0.15, -0.1) is 0 Å². The number of carboxylic acids is 2. The summed E-state index contributed by atoms with van der Waals surface area (Å²) in [6.45, 7) is 1.94. The van der Waals surface area contributed by atoms with Crippen LogP contribution in [0.4, 0.5) is 11.4 Å². The van der Waals surface area contributed by atoms with Gasteiger partial charge in [-0.05, 0) is 86.6 Å². The van der Waals surface area contributed by atoms with Crippen molar-refractivity contribution in [2.24, 2.45) is 0 Å². The Morgan fingerprint density at radius 2 is 0.925 bits per heavy atom. The van der Waals surface area contributed by atoms with Crippen LogP contribution in [0.5, 0.6) is 0 Å². The van der Waals surface area contributed by atoms with Gasteiger partial charge in [0.25, 0.3) is 0 Å². The maximum Gasteiger partial charge on any atom is 2.00 e. The fourth-order valence-corrected chi connectivity index (χ4v) is 6.31. The first-order chi connectivity index (χ1) is 25.3. The van der Waals surface area contributed by atoms with Crippen LogP contribution in [0.1, 0.15) is 37.7 Å². The number of rotatable bonds is 2. The fourth-order valence-electron chi connectivity index (χ4n) is 6.31. The number of carbonyl (C=O) groups is 2. The number of carbonyl (C=O) groups excluding carboxylic acids is 2. The van der Waals surface area contributed by atoms with Crippen molar-refractivity contribution in [2.75, 3.05) is 10.6 Å². The monoisotopic (exact) mass is 806 g/mol. The zero-order valence-corrected chi connectivity index (χ0v) is 32.8. The summed E-state index contributed by atoms with van der Waals surface area (Å²) in [5, 5.41) is 24.9. The molecule has 2 atom stereocenters. The van der Waals surface area contributed by atoms with E-state index in [1.807, 2.05) is 84.9 Å². The minimum Gasteiger partial charge on any atom is -0.550 e. The molecule has 2 aliphatic heterocycles. The SMILES string of the molecule is CC(=O)[O-].CC(=O)[O-].[Cd+2].c1coc([C@@H]2Nc3ccccc3-c3nc4ccccc4n32)c1.c1coc([C@@H]2Nc3ccccc3-c3nc4ccccc4n32)c1. The molecule has 4 aromatic carbocycles. The molecule has 0 saturated heterocycles. The van der Waals surface area contributed by atoms with Gasteiger partial charge in [0.2, 0.25) is 0 Å². The molecule has 0 radical (unpaired) electrons. The van der Waals surface area contributed by atoms with E-state index in [0.29, 0.717) is 0 Å². The van der Waals surface area contributed by atoms with Crippen molar-refractivity contribution in [2.45, 2.75) is 26.2 Å². The number of hydrogen-bond acceptors (Lipinski definition) is 10. The summed E-state index contributed by atoms with van der Waals surface area (Å²) in [5.41, 5.74) is 8.56. The summed E-state index contributed by atoms with van der Waals surface area (Å²) in [6, 6.07) is 40.7. The summed E-state index contributed by atoms with van der Waals surface area (Å²) < 4.78 is 15.7. The Morgan fingerprint density at radius 3 is 1.30 bits per heavy atom. The van der Waals surface area contributed by atoms with Crippen molar-refractivity contribution in [3.63, 3.8) is 0 Å². The molecule has 0 spiro atoms. The zero-order valence-electron chi connectivity index (χ0n) is 28.8. The van der Waals surface area contributed by atoms with E-state index in [-0.39, 0.29) is 39.6 Å². The molecule has 260 valence electrons. The van der Waals surface area contributed by atoms with Gasteiger partial charge >= 0.3 is 27.3 Å². The molecule has 2 N–H and O–H groups in total. The molecule has 53 heavy (non-hydrogen) atoms. The molecule has 4 aromatic heterocycles. The predicted octanol–water partition coefficient (Wildman–Crippen LogP) is 6.05. The van der Waals surface area contributed by atoms with Crippen LogP contribution in [0, 0.1) is 0 Å². The normalized spacial score (nSPS) is 14.3. The summed E-state index contributed by atoms with van der Waals surface area (Å²) in [6.07, 6.45) is 3.23. The number of carboxylic acid groups (broad SMARTS) is 2. The van der Waals surface area contributed by atoms with Gasteiger partial charge in [0, 0.05) is 34.4 Å². The summed E-state index contributed by atoms with van der Waals surface area (Å²) >= 11 is 0. The van der Waals surface area contributed by atoms with Gasteiger partial charge in [-0.3, -0.25) is 9.13 Å². The largest absolute Gasteiger partial charge is 2.00 e. The third-order valence-electron chi connectivity index (χ3n) is 8.25. The van der Waals surface area contributed by atoms with Gasteiger partial charge in [-0.1, -0.05) is 48.5 Å². The van der Waals surface area contributed by atoms with Crippen molar-refractivity contribution >= 4 is 45.4 Å². The molecule has 0 amide bonds. The van der Waals surface area contributed by atoms with E-state index in [0.717, 1.165) is 81.6 Å². The number of aliphatic carboxylic acids is 2. The van der Waals surface area contributed by atoms with Gasteiger partial charge in [-0.25, -0.2) is 9.97 Å². The number of aromatic nitrogens is 4. The van der Waals surface area contributed by atoms with Gasteiger partial charge in [0.05, 0.1) is 34.6 Å². The van der Waals surface area contributed by atoms with E-state index in [1.54, 1.807) is 12.5 Å². The number of nitrogens with one attached hydrogen (secondary N) is 2. The zero-order chi connectivity index (χ0) is 36.2. The number of para-hydroxylation sites is 6. The van der Waals surface area contributed by atoms with Crippen LogP contribution < -0.4 is 20.8 Å². The molecule has 2 aliphatic rings. The molecule has 8 aromatic rings. The number of anilines is 2. The van der Waals surface area contributed by atoms with E-state index in [4.69, 9.17) is 38.6 Å². The molecule has 0 unspecified atom stereocenters. The molecule has 0 fully saturated rings. The number of imidazole rings is 2. The fraction of sp³-hybridized carbons (Fsp3) is 0.100. The van der Waals surface area contributed by atoms with Crippen LogP contribution in [-0.4, -0.2) is 31.0 Å². The third kappa shape index (κ3) is 7.58. The smallest absolute Gasteiger partial charge is 0.550 e. The van der Waals surface area contributed by atoms with Gasteiger partial charge in [0.1, 0.15) is 23.2 Å². The van der Waals surface area contributed by atoms with Gasteiger partial charge in [-0.2, -0.15) is 0 Å². The molecular weight excluding hydrogens is 773 g/mol. The standard InChI is InChI=1S/2C18H13N3O.2C2H4O2.Cd/c2*1-2-7-13-12(6-1)17-20-14-8-3-4-9-15(14)21(17)18(19-13)16-10-5-11-22-16;2*1-2(3)4;/h2*1-11,18-19H;2*1H3,(H,3,4);/q;;;;+2/p-2/t2*18-;;;/m11.../s1. The number of nitrogens with zero attached hydrogens (tertiary/aromatic N) is 4. The van der Waals surface area contributed by atoms with Crippen molar-refractivity contribution in [1.29, 1.82) is 0 Å². The first-order valence-corrected chi connectivity index (χ1v) is 16.4. The average molecular weight is 805 g/mol. The van der Waals surface area contributed by atoms with E-state index in [1.165, 1.54) is 0 Å². The Labute approximate surface area is 323 Å².